The fraction of sp³-hybridized carbons (Fsp3) is 0.200. The van der Waals surface area contributed by atoms with Crippen LogP contribution in [-0.2, 0) is 0 Å². The van der Waals surface area contributed by atoms with Crippen LogP contribution < -0.4 is 0 Å². The Labute approximate surface area is 75.9 Å². The maximum Gasteiger partial charge on any atom is 0.135 e. The highest BCUT2D eigenvalue weighted by atomic mass is 35.5. The maximum absolute atomic E-state index is 5.94. The zero-order chi connectivity index (χ0) is 8.72. The highest BCUT2D eigenvalue weighted by molar-refractivity contribution is 6.32. The molecule has 0 bridgehead atoms. The summed E-state index contributed by atoms with van der Waals surface area (Å²) in [7, 11) is 0. The van der Waals surface area contributed by atoms with Crippen LogP contribution in [-0.4, -0.2) is 0 Å². The van der Waals surface area contributed by atoms with Crippen molar-refractivity contribution in [1.29, 1.82) is 0 Å². The molecule has 0 saturated heterocycles. The first-order valence-corrected chi connectivity index (χ1v) is 4.21. The summed E-state index contributed by atoms with van der Waals surface area (Å²) in [5.74, 6) is 0.923. The van der Waals surface area contributed by atoms with Crippen molar-refractivity contribution >= 4 is 22.6 Å². The van der Waals surface area contributed by atoms with E-state index in [1.807, 2.05) is 32.0 Å². The molecule has 62 valence electrons. The molecule has 0 unspecified atom stereocenters. The Morgan fingerprint density at radius 3 is 2.67 bits per heavy atom. The highest BCUT2D eigenvalue weighted by Gasteiger charge is 2.02. The van der Waals surface area contributed by atoms with Crippen LogP contribution in [0.4, 0.5) is 0 Å². The van der Waals surface area contributed by atoms with Gasteiger partial charge in [-0.2, -0.15) is 0 Å². The van der Waals surface area contributed by atoms with E-state index in [1.54, 1.807) is 0 Å². The Morgan fingerprint density at radius 1 is 1.17 bits per heavy atom. The molecule has 0 aliphatic rings. The van der Waals surface area contributed by atoms with Crippen molar-refractivity contribution in [3.05, 3.63) is 34.5 Å². The molecule has 0 fully saturated rings. The smallest absolute Gasteiger partial charge is 0.135 e. The number of rotatable bonds is 0. The molecule has 1 aromatic carbocycles. The summed E-state index contributed by atoms with van der Waals surface area (Å²) in [6.45, 7) is 3.92. The van der Waals surface area contributed by atoms with Gasteiger partial charge in [0.15, 0.2) is 0 Å². The Hall–Kier alpha value is -0.950. The van der Waals surface area contributed by atoms with Crippen LogP contribution in [0.15, 0.2) is 22.6 Å². The van der Waals surface area contributed by atoms with E-state index in [0.717, 1.165) is 27.3 Å². The van der Waals surface area contributed by atoms with Gasteiger partial charge in [0.05, 0.1) is 0 Å². The molecule has 0 atom stereocenters. The predicted octanol–water partition coefficient (Wildman–Crippen LogP) is 3.70. The lowest BCUT2D eigenvalue weighted by Gasteiger charge is -1.95. The Balaban J connectivity index is 2.83. The summed E-state index contributed by atoms with van der Waals surface area (Å²) < 4.78 is 5.42. The number of furan rings is 1. The van der Waals surface area contributed by atoms with Crippen molar-refractivity contribution in [3.8, 4) is 0 Å². The van der Waals surface area contributed by atoms with Gasteiger partial charge in [0.25, 0.3) is 0 Å². The van der Waals surface area contributed by atoms with Crippen LogP contribution in [0.3, 0.4) is 0 Å². The number of aryl methyl sites for hydroxylation is 2. The number of hydrogen-bond donors (Lipinski definition) is 0. The molecular weight excluding hydrogens is 172 g/mol. The zero-order valence-electron chi connectivity index (χ0n) is 7.02. The molecule has 0 saturated carbocycles. The molecule has 2 aromatic rings. The largest absolute Gasteiger partial charge is 0.461 e. The number of halogens is 1. The summed E-state index contributed by atoms with van der Waals surface area (Å²) in [4.78, 5) is 0. The lowest BCUT2D eigenvalue weighted by atomic mass is 10.2. The van der Waals surface area contributed by atoms with E-state index in [4.69, 9.17) is 16.0 Å². The summed E-state index contributed by atoms with van der Waals surface area (Å²) in [5, 5.41) is 1.88. The highest BCUT2D eigenvalue weighted by Crippen LogP contribution is 2.25. The van der Waals surface area contributed by atoms with E-state index in [9.17, 15) is 0 Å². The summed E-state index contributed by atoms with van der Waals surface area (Å²) in [5.41, 5.74) is 1.95. The van der Waals surface area contributed by atoms with E-state index < -0.39 is 0 Å². The van der Waals surface area contributed by atoms with Crippen LogP contribution in [0.2, 0.25) is 5.02 Å². The monoisotopic (exact) mass is 180 g/mol. The van der Waals surface area contributed by atoms with Gasteiger partial charge in [-0.15, -0.1) is 0 Å². The van der Waals surface area contributed by atoms with Gasteiger partial charge in [0.1, 0.15) is 11.3 Å². The second-order valence-electron chi connectivity index (χ2n) is 3.00. The van der Waals surface area contributed by atoms with E-state index in [2.05, 4.69) is 0 Å². The zero-order valence-corrected chi connectivity index (χ0v) is 7.77. The fourth-order valence-electron chi connectivity index (χ4n) is 1.31. The van der Waals surface area contributed by atoms with E-state index in [-0.39, 0.29) is 0 Å². The normalized spacial score (nSPS) is 10.9. The third-order valence-corrected chi connectivity index (χ3v) is 2.33. The molecule has 0 aliphatic heterocycles. The SMILES string of the molecule is Cc1cc2cc(C)c(Cl)cc2o1. The van der Waals surface area contributed by atoms with Crippen molar-refractivity contribution < 1.29 is 4.42 Å². The van der Waals surface area contributed by atoms with E-state index >= 15 is 0 Å². The average Bonchev–Trinajstić information content (AvgIpc) is 2.30. The first-order chi connectivity index (χ1) is 5.66. The van der Waals surface area contributed by atoms with Gasteiger partial charge in [-0.1, -0.05) is 11.6 Å². The molecule has 12 heavy (non-hydrogen) atoms. The first-order valence-electron chi connectivity index (χ1n) is 3.83. The van der Waals surface area contributed by atoms with Gasteiger partial charge in [-0.05, 0) is 31.5 Å². The minimum absolute atomic E-state index is 0.761. The standard InChI is InChI=1S/C10H9ClO/c1-6-3-8-4-7(2)12-10(8)5-9(6)11/h3-5H,1-2H3. The first kappa shape index (κ1) is 7.69. The van der Waals surface area contributed by atoms with Gasteiger partial charge in [0.2, 0.25) is 0 Å². The van der Waals surface area contributed by atoms with Crippen molar-refractivity contribution in [2.45, 2.75) is 13.8 Å². The third-order valence-electron chi connectivity index (χ3n) is 1.92. The Bertz CT molecular complexity index is 390. The summed E-state index contributed by atoms with van der Waals surface area (Å²) in [6, 6.07) is 5.91. The Kier molecular flexibility index (Phi) is 1.62. The van der Waals surface area contributed by atoms with Crippen molar-refractivity contribution in [3.63, 3.8) is 0 Å². The predicted molar refractivity (Wildman–Crippen MR) is 50.7 cm³/mol. The van der Waals surface area contributed by atoms with E-state index in [0.29, 0.717) is 0 Å². The van der Waals surface area contributed by atoms with E-state index in [1.165, 1.54) is 0 Å². The molecule has 0 N–H and O–H groups in total. The van der Waals surface area contributed by atoms with Gasteiger partial charge >= 0.3 is 0 Å². The van der Waals surface area contributed by atoms with Gasteiger partial charge in [-0.3, -0.25) is 0 Å². The average molecular weight is 181 g/mol. The van der Waals surface area contributed by atoms with Crippen LogP contribution in [0.25, 0.3) is 11.0 Å². The molecule has 2 heteroatoms. The summed E-state index contributed by atoms with van der Waals surface area (Å²) >= 11 is 5.94. The van der Waals surface area contributed by atoms with Crippen molar-refractivity contribution in [2.75, 3.05) is 0 Å². The van der Waals surface area contributed by atoms with Gasteiger partial charge in [0, 0.05) is 16.5 Å². The number of hydrogen-bond acceptors (Lipinski definition) is 1. The minimum atomic E-state index is 0.761. The molecule has 1 nitrogen and oxygen atoms in total. The lowest BCUT2D eigenvalue weighted by molar-refractivity contribution is 0.578. The fourth-order valence-corrected chi connectivity index (χ4v) is 1.46. The second-order valence-corrected chi connectivity index (χ2v) is 3.40. The van der Waals surface area contributed by atoms with Crippen LogP contribution in [0.1, 0.15) is 11.3 Å². The number of benzene rings is 1. The number of fused-ring (bicyclic) bond motifs is 1. The van der Waals surface area contributed by atoms with Gasteiger partial charge in [-0.25, -0.2) is 0 Å². The second kappa shape index (κ2) is 2.53. The topological polar surface area (TPSA) is 13.1 Å². The van der Waals surface area contributed by atoms with Gasteiger partial charge < -0.3 is 4.42 Å². The van der Waals surface area contributed by atoms with Crippen LogP contribution in [0.5, 0.6) is 0 Å². The van der Waals surface area contributed by atoms with Crippen LogP contribution in [0, 0.1) is 13.8 Å². The molecule has 0 amide bonds. The Morgan fingerprint density at radius 2 is 1.92 bits per heavy atom. The van der Waals surface area contributed by atoms with Crippen molar-refractivity contribution in [2.24, 2.45) is 0 Å². The van der Waals surface area contributed by atoms with Crippen molar-refractivity contribution in [1.82, 2.24) is 0 Å². The molecule has 0 radical (unpaired) electrons. The molecule has 1 heterocycles. The minimum Gasteiger partial charge on any atom is -0.461 e. The lowest BCUT2D eigenvalue weighted by Crippen LogP contribution is -1.72. The third kappa shape index (κ3) is 1.10. The molecule has 0 aliphatic carbocycles. The molecular formula is C10H9ClO. The quantitative estimate of drug-likeness (QED) is 0.603. The summed E-state index contributed by atoms with van der Waals surface area (Å²) in [6.07, 6.45) is 0. The molecule has 1 aromatic heterocycles. The van der Waals surface area contributed by atoms with Crippen LogP contribution >= 0.6 is 11.6 Å². The maximum atomic E-state index is 5.94. The molecule has 0 spiro atoms. The molecule has 2 rings (SSSR count).